The number of methoxy groups -OCH3 is 2. The fourth-order valence-corrected chi connectivity index (χ4v) is 2.83. The van der Waals surface area contributed by atoms with Gasteiger partial charge in [-0.3, -0.25) is 0 Å². The molecular weight excluding hydrogens is 268 g/mol. The van der Waals surface area contributed by atoms with Gasteiger partial charge >= 0.3 is 5.97 Å². The van der Waals surface area contributed by atoms with E-state index in [2.05, 4.69) is 11.8 Å². The lowest BCUT2D eigenvalue weighted by molar-refractivity contribution is -0.00465. The maximum Gasteiger partial charge on any atom is 0.340 e. The zero-order valence-electron chi connectivity index (χ0n) is 13.2. The van der Waals surface area contributed by atoms with Gasteiger partial charge in [-0.05, 0) is 44.4 Å². The van der Waals surface area contributed by atoms with Crippen molar-refractivity contribution in [3.05, 3.63) is 23.3 Å². The molecule has 0 aromatic heterocycles. The Bertz CT molecular complexity index is 545. The number of nitrogens with zero attached hydrogens (tertiary/aromatic N) is 1. The minimum Gasteiger partial charge on any atom is -0.465 e. The van der Waals surface area contributed by atoms with E-state index in [0.717, 1.165) is 37.2 Å². The van der Waals surface area contributed by atoms with Crippen LogP contribution in [0.25, 0.3) is 0 Å². The largest absolute Gasteiger partial charge is 0.465 e. The predicted octanol–water partition coefficient (Wildman–Crippen LogP) is 2.37. The summed E-state index contributed by atoms with van der Waals surface area (Å²) >= 11 is 0. The summed E-state index contributed by atoms with van der Waals surface area (Å²) in [6.45, 7) is 5.77. The number of aryl methyl sites for hydroxylation is 1. The molecule has 1 aromatic carbocycles. The summed E-state index contributed by atoms with van der Waals surface area (Å²) < 4.78 is 10.4. The van der Waals surface area contributed by atoms with Gasteiger partial charge in [0.25, 0.3) is 0 Å². The third kappa shape index (κ3) is 3.13. The van der Waals surface area contributed by atoms with Crippen molar-refractivity contribution < 1.29 is 14.3 Å². The highest BCUT2D eigenvalue weighted by molar-refractivity contribution is 5.97. The fraction of sp³-hybridized carbons (Fsp3) is 0.562. The number of esters is 1. The lowest BCUT2D eigenvalue weighted by atomic mass is 9.94. The molecule has 0 saturated carbocycles. The zero-order chi connectivity index (χ0) is 15.6. The third-order valence-electron chi connectivity index (χ3n) is 4.29. The molecule has 0 radical (unpaired) electrons. The summed E-state index contributed by atoms with van der Waals surface area (Å²) in [6, 6.07) is 3.83. The van der Waals surface area contributed by atoms with Crippen molar-refractivity contribution in [3.63, 3.8) is 0 Å². The molecule has 116 valence electrons. The van der Waals surface area contributed by atoms with Crippen molar-refractivity contribution in [2.75, 3.05) is 37.9 Å². The molecule has 2 rings (SSSR count). The van der Waals surface area contributed by atoms with E-state index in [4.69, 9.17) is 15.2 Å². The molecule has 5 heteroatoms. The van der Waals surface area contributed by atoms with Crippen LogP contribution in [0.1, 0.15) is 35.7 Å². The second-order valence-electron chi connectivity index (χ2n) is 5.89. The van der Waals surface area contributed by atoms with Crippen molar-refractivity contribution in [1.82, 2.24) is 0 Å². The number of nitrogens with two attached hydrogens (primary N) is 1. The molecule has 1 aromatic rings. The number of piperidine rings is 1. The Hall–Kier alpha value is -1.75. The molecule has 1 unspecified atom stereocenters. The molecule has 0 aliphatic carbocycles. The van der Waals surface area contributed by atoms with Crippen molar-refractivity contribution >= 4 is 17.3 Å². The molecule has 1 saturated heterocycles. The standard InChI is InChI=1S/C16H24N2O3/c1-11-8-12(9-13(14(11)17)15(19)20-3)18-7-5-6-16(2,10-18)21-4/h8-9H,5-7,10,17H2,1-4H3. The summed E-state index contributed by atoms with van der Waals surface area (Å²) in [7, 11) is 3.12. The number of benzene rings is 1. The van der Waals surface area contributed by atoms with Gasteiger partial charge in [0, 0.05) is 31.6 Å². The highest BCUT2D eigenvalue weighted by Crippen LogP contribution is 2.31. The minimum atomic E-state index is -0.399. The molecule has 1 aliphatic rings. The number of carbonyl (C=O) groups is 1. The average Bonchev–Trinajstić information content (AvgIpc) is 2.49. The molecule has 5 nitrogen and oxygen atoms in total. The molecular formula is C16H24N2O3. The van der Waals surface area contributed by atoms with Crippen LogP contribution >= 0.6 is 0 Å². The molecule has 1 fully saturated rings. The van der Waals surface area contributed by atoms with E-state index < -0.39 is 5.97 Å². The van der Waals surface area contributed by atoms with Gasteiger partial charge in [0.1, 0.15) is 0 Å². The van der Waals surface area contributed by atoms with Crippen LogP contribution in [0.4, 0.5) is 11.4 Å². The van der Waals surface area contributed by atoms with Crippen LogP contribution in [-0.4, -0.2) is 38.9 Å². The topological polar surface area (TPSA) is 64.8 Å². The van der Waals surface area contributed by atoms with Crippen molar-refractivity contribution in [1.29, 1.82) is 0 Å². The molecule has 2 N–H and O–H groups in total. The van der Waals surface area contributed by atoms with Gasteiger partial charge < -0.3 is 20.1 Å². The Kier molecular flexibility index (Phi) is 4.42. The first-order valence-electron chi connectivity index (χ1n) is 7.19. The van der Waals surface area contributed by atoms with E-state index in [1.54, 1.807) is 7.11 Å². The van der Waals surface area contributed by atoms with E-state index in [0.29, 0.717) is 11.3 Å². The Labute approximate surface area is 126 Å². The second kappa shape index (κ2) is 5.93. The maximum absolute atomic E-state index is 11.9. The van der Waals surface area contributed by atoms with Gasteiger partial charge in [-0.25, -0.2) is 4.79 Å². The highest BCUT2D eigenvalue weighted by Gasteiger charge is 2.31. The van der Waals surface area contributed by atoms with Crippen LogP contribution in [0.3, 0.4) is 0 Å². The summed E-state index contributed by atoms with van der Waals surface area (Å²) in [5.41, 5.74) is 8.63. The minimum absolute atomic E-state index is 0.154. The summed E-state index contributed by atoms with van der Waals surface area (Å²) in [5, 5.41) is 0. The number of rotatable bonds is 3. The average molecular weight is 292 g/mol. The molecule has 21 heavy (non-hydrogen) atoms. The molecule has 1 atom stereocenters. The first kappa shape index (κ1) is 15.6. The third-order valence-corrected chi connectivity index (χ3v) is 4.29. The summed E-state index contributed by atoms with van der Waals surface area (Å²) in [6.07, 6.45) is 2.10. The summed E-state index contributed by atoms with van der Waals surface area (Å²) in [4.78, 5) is 14.1. The lowest BCUT2D eigenvalue weighted by Gasteiger charge is -2.41. The number of hydrogen-bond acceptors (Lipinski definition) is 5. The van der Waals surface area contributed by atoms with Crippen LogP contribution in [0.2, 0.25) is 0 Å². The monoisotopic (exact) mass is 292 g/mol. The molecule has 0 spiro atoms. The highest BCUT2D eigenvalue weighted by atomic mass is 16.5. The summed E-state index contributed by atoms with van der Waals surface area (Å²) in [5.74, 6) is -0.399. The Morgan fingerprint density at radius 3 is 2.71 bits per heavy atom. The molecule has 1 aliphatic heterocycles. The van der Waals surface area contributed by atoms with Crippen LogP contribution in [-0.2, 0) is 9.47 Å². The lowest BCUT2D eigenvalue weighted by Crippen LogP contribution is -2.47. The molecule has 0 bridgehead atoms. The second-order valence-corrected chi connectivity index (χ2v) is 5.89. The normalized spacial score (nSPS) is 22.2. The zero-order valence-corrected chi connectivity index (χ0v) is 13.2. The Morgan fingerprint density at radius 2 is 2.10 bits per heavy atom. The fourth-order valence-electron chi connectivity index (χ4n) is 2.83. The van der Waals surface area contributed by atoms with Crippen molar-refractivity contribution in [2.24, 2.45) is 0 Å². The van der Waals surface area contributed by atoms with Crippen LogP contribution < -0.4 is 10.6 Å². The van der Waals surface area contributed by atoms with Gasteiger partial charge in [-0.1, -0.05) is 0 Å². The van der Waals surface area contributed by atoms with Gasteiger partial charge in [0.2, 0.25) is 0 Å². The van der Waals surface area contributed by atoms with E-state index in [9.17, 15) is 4.79 Å². The van der Waals surface area contributed by atoms with E-state index >= 15 is 0 Å². The smallest absolute Gasteiger partial charge is 0.340 e. The van der Waals surface area contributed by atoms with Crippen molar-refractivity contribution in [2.45, 2.75) is 32.3 Å². The van der Waals surface area contributed by atoms with E-state index in [-0.39, 0.29) is 5.60 Å². The van der Waals surface area contributed by atoms with Crippen LogP contribution in [0.5, 0.6) is 0 Å². The molecule has 0 amide bonds. The van der Waals surface area contributed by atoms with Crippen molar-refractivity contribution in [3.8, 4) is 0 Å². The Morgan fingerprint density at radius 1 is 1.38 bits per heavy atom. The number of hydrogen-bond donors (Lipinski definition) is 1. The Balaban J connectivity index is 2.36. The van der Waals surface area contributed by atoms with Gasteiger partial charge in [0.05, 0.1) is 18.3 Å². The maximum atomic E-state index is 11.9. The van der Waals surface area contributed by atoms with E-state index in [1.165, 1.54) is 7.11 Å². The number of carbonyl (C=O) groups excluding carboxylic acids is 1. The van der Waals surface area contributed by atoms with Gasteiger partial charge in [0.15, 0.2) is 0 Å². The molecule has 1 heterocycles. The van der Waals surface area contributed by atoms with E-state index in [1.807, 2.05) is 19.1 Å². The number of anilines is 2. The van der Waals surface area contributed by atoms with Gasteiger partial charge in [-0.2, -0.15) is 0 Å². The van der Waals surface area contributed by atoms with Crippen LogP contribution in [0.15, 0.2) is 12.1 Å². The first-order chi connectivity index (χ1) is 9.90. The van der Waals surface area contributed by atoms with Crippen LogP contribution in [0, 0.1) is 6.92 Å². The number of nitrogen functional groups attached to an aromatic ring is 1. The first-order valence-corrected chi connectivity index (χ1v) is 7.19. The number of ether oxygens (including phenoxy) is 2. The van der Waals surface area contributed by atoms with Gasteiger partial charge in [-0.15, -0.1) is 0 Å². The quantitative estimate of drug-likeness (QED) is 0.684. The SMILES string of the molecule is COC(=O)c1cc(N2CCCC(C)(OC)C2)cc(C)c1N. The predicted molar refractivity (Wildman–Crippen MR) is 83.8 cm³/mol.